The van der Waals surface area contributed by atoms with Gasteiger partial charge >= 0.3 is 6.09 Å². The van der Waals surface area contributed by atoms with Gasteiger partial charge in [-0.1, -0.05) is 0 Å². The minimum Gasteiger partial charge on any atom is -0.509 e. The van der Waals surface area contributed by atoms with Gasteiger partial charge in [0.2, 0.25) is 0 Å². The number of nitrogens with one attached hydrogen (secondary N) is 1. The number of nitrogens with zero attached hydrogens (tertiary/aromatic N) is 2. The lowest BCUT2D eigenvalue weighted by Gasteiger charge is -2.24. The van der Waals surface area contributed by atoms with E-state index in [1.807, 2.05) is 0 Å². The molecule has 0 aliphatic carbocycles. The van der Waals surface area contributed by atoms with E-state index in [-0.39, 0.29) is 23.7 Å². The Morgan fingerprint density at radius 2 is 2.19 bits per heavy atom. The van der Waals surface area contributed by atoms with Crippen molar-refractivity contribution < 1.29 is 14.6 Å². The molecule has 1 aliphatic rings. The van der Waals surface area contributed by atoms with Crippen LogP contribution in [0.1, 0.15) is 20.8 Å². The van der Waals surface area contributed by atoms with Gasteiger partial charge in [0, 0.05) is 0 Å². The number of rotatable bonds is 0. The van der Waals surface area contributed by atoms with Crippen LogP contribution in [-0.4, -0.2) is 34.1 Å². The Morgan fingerprint density at radius 3 is 2.56 bits per heavy atom. The first-order valence-corrected chi connectivity index (χ1v) is 4.68. The summed E-state index contributed by atoms with van der Waals surface area (Å²) in [5, 5.41) is 25.5. The number of aliphatic hydroxyl groups excluding tert-OH is 1. The van der Waals surface area contributed by atoms with E-state index in [2.05, 4.69) is 0 Å². The molecule has 1 amide bonds. The zero-order valence-corrected chi connectivity index (χ0v) is 9.37. The Morgan fingerprint density at radius 1 is 1.62 bits per heavy atom. The average Bonchev–Trinajstić information content (AvgIpc) is 2.38. The van der Waals surface area contributed by atoms with Crippen molar-refractivity contribution in [2.45, 2.75) is 26.4 Å². The number of carbonyl (C=O) groups is 1. The van der Waals surface area contributed by atoms with E-state index in [1.165, 1.54) is 0 Å². The van der Waals surface area contributed by atoms with E-state index in [1.54, 1.807) is 26.8 Å². The lowest BCUT2D eigenvalue weighted by molar-refractivity contribution is 0.0377. The lowest BCUT2D eigenvalue weighted by atomic mass is 10.2. The van der Waals surface area contributed by atoms with Crippen molar-refractivity contribution in [1.82, 2.24) is 4.90 Å². The predicted octanol–water partition coefficient (Wildman–Crippen LogP) is 1.55. The molecule has 6 heteroatoms. The van der Waals surface area contributed by atoms with Crippen LogP contribution in [0.5, 0.6) is 0 Å². The highest BCUT2D eigenvalue weighted by atomic mass is 16.6. The Labute approximate surface area is 93.2 Å². The molecule has 0 atom stereocenters. The van der Waals surface area contributed by atoms with E-state index >= 15 is 0 Å². The van der Waals surface area contributed by atoms with Crippen molar-refractivity contribution >= 4 is 11.9 Å². The van der Waals surface area contributed by atoms with Gasteiger partial charge < -0.3 is 9.84 Å². The lowest BCUT2D eigenvalue weighted by Crippen LogP contribution is -2.38. The van der Waals surface area contributed by atoms with Gasteiger partial charge in [-0.3, -0.25) is 10.3 Å². The number of aliphatic hydroxyl groups is 1. The number of hydrogen-bond donors (Lipinski definition) is 2. The largest absolute Gasteiger partial charge is 0.509 e. The molecule has 0 bridgehead atoms. The van der Waals surface area contributed by atoms with Gasteiger partial charge in [0.15, 0.2) is 5.84 Å². The molecule has 6 nitrogen and oxygen atoms in total. The molecular weight excluding hydrogens is 210 g/mol. The highest BCUT2D eigenvalue weighted by Crippen LogP contribution is 2.19. The Balaban J connectivity index is 2.79. The van der Waals surface area contributed by atoms with Crippen LogP contribution in [0, 0.1) is 16.7 Å². The molecule has 1 rings (SSSR count). The molecule has 0 radical (unpaired) electrons. The molecule has 0 aromatic rings. The van der Waals surface area contributed by atoms with Gasteiger partial charge in [-0.25, -0.2) is 4.79 Å². The van der Waals surface area contributed by atoms with Crippen LogP contribution in [0.25, 0.3) is 0 Å². The highest BCUT2D eigenvalue weighted by molar-refractivity contribution is 6.09. The molecule has 1 aliphatic heterocycles. The van der Waals surface area contributed by atoms with Gasteiger partial charge in [-0.2, -0.15) is 5.26 Å². The number of nitriles is 1. The third kappa shape index (κ3) is 2.31. The third-order valence-corrected chi connectivity index (χ3v) is 1.83. The van der Waals surface area contributed by atoms with Crippen LogP contribution in [0.2, 0.25) is 0 Å². The van der Waals surface area contributed by atoms with Crippen molar-refractivity contribution in [3.63, 3.8) is 0 Å². The topological polar surface area (TPSA) is 97.4 Å². The summed E-state index contributed by atoms with van der Waals surface area (Å²) in [7, 11) is 0. The Bertz CT molecular complexity index is 412. The summed E-state index contributed by atoms with van der Waals surface area (Å²) < 4.78 is 5.03. The van der Waals surface area contributed by atoms with E-state index in [4.69, 9.17) is 15.4 Å². The summed E-state index contributed by atoms with van der Waals surface area (Å²) in [6, 6.07) is 1.67. The van der Waals surface area contributed by atoms with Gasteiger partial charge in [-0.15, -0.1) is 0 Å². The summed E-state index contributed by atoms with van der Waals surface area (Å²) in [6.45, 7) is 4.91. The maximum atomic E-state index is 11.6. The summed E-state index contributed by atoms with van der Waals surface area (Å²) >= 11 is 0. The Kier molecular flexibility index (Phi) is 2.90. The summed E-state index contributed by atoms with van der Waals surface area (Å²) in [5.41, 5.74) is -0.867. The van der Waals surface area contributed by atoms with Crippen LogP contribution < -0.4 is 0 Å². The van der Waals surface area contributed by atoms with Crippen molar-refractivity contribution in [3.05, 3.63) is 11.3 Å². The first-order chi connectivity index (χ1) is 7.26. The second kappa shape index (κ2) is 3.85. The maximum absolute atomic E-state index is 11.6. The van der Waals surface area contributed by atoms with E-state index in [0.717, 1.165) is 4.90 Å². The molecule has 86 valence electrons. The molecule has 0 unspecified atom stereocenters. The Hall–Kier alpha value is -2.03. The molecule has 0 aromatic carbocycles. The fourth-order valence-corrected chi connectivity index (χ4v) is 1.17. The quantitative estimate of drug-likeness (QED) is 0.651. The molecule has 1 heterocycles. The molecule has 0 spiro atoms. The first kappa shape index (κ1) is 12.0. The number of hydrogen-bond acceptors (Lipinski definition) is 5. The number of amides is 1. The molecule has 2 N–H and O–H groups in total. The number of ether oxygens (including phenoxy) is 1. The van der Waals surface area contributed by atoms with Gasteiger partial charge in [0.1, 0.15) is 23.0 Å². The van der Waals surface area contributed by atoms with Gasteiger partial charge in [0.05, 0.1) is 6.54 Å². The molecular formula is C10H13N3O3. The first-order valence-electron chi connectivity index (χ1n) is 4.68. The minimum absolute atomic E-state index is 0.184. The van der Waals surface area contributed by atoms with Crippen LogP contribution in [0.15, 0.2) is 11.3 Å². The molecule has 0 saturated heterocycles. The van der Waals surface area contributed by atoms with E-state index < -0.39 is 11.7 Å². The van der Waals surface area contributed by atoms with Crippen molar-refractivity contribution in [2.75, 3.05) is 6.54 Å². The molecule has 16 heavy (non-hydrogen) atoms. The summed E-state index contributed by atoms with van der Waals surface area (Å²) in [5.74, 6) is -0.604. The standard InChI is InChI=1S/C10H13N3O3/c1-10(2,3)16-9(15)13-5-7(14)6(4-11)8(13)12/h12,14H,5H2,1-3H3. The molecule has 0 fully saturated rings. The maximum Gasteiger partial charge on any atom is 0.416 e. The minimum atomic E-state index is -0.741. The predicted molar refractivity (Wildman–Crippen MR) is 55.9 cm³/mol. The normalized spacial score (nSPS) is 16.4. The number of amidine groups is 1. The zero-order chi connectivity index (χ0) is 12.5. The highest BCUT2D eigenvalue weighted by Gasteiger charge is 2.34. The van der Waals surface area contributed by atoms with Crippen LogP contribution in [0.4, 0.5) is 4.79 Å². The fourth-order valence-electron chi connectivity index (χ4n) is 1.17. The third-order valence-electron chi connectivity index (χ3n) is 1.83. The van der Waals surface area contributed by atoms with E-state index in [9.17, 15) is 9.90 Å². The van der Waals surface area contributed by atoms with Crippen molar-refractivity contribution in [2.24, 2.45) is 0 Å². The second-order valence-electron chi connectivity index (χ2n) is 4.35. The monoisotopic (exact) mass is 223 g/mol. The van der Waals surface area contributed by atoms with Crippen LogP contribution in [-0.2, 0) is 4.74 Å². The molecule has 0 aromatic heterocycles. The summed E-state index contributed by atoms with van der Waals surface area (Å²) in [4.78, 5) is 12.5. The second-order valence-corrected chi connectivity index (χ2v) is 4.35. The van der Waals surface area contributed by atoms with Crippen molar-refractivity contribution in [1.29, 1.82) is 10.7 Å². The number of carbonyl (C=O) groups excluding carboxylic acids is 1. The van der Waals surface area contributed by atoms with Gasteiger partial charge in [0.25, 0.3) is 0 Å². The van der Waals surface area contributed by atoms with Gasteiger partial charge in [-0.05, 0) is 20.8 Å². The fraction of sp³-hybridized carbons (Fsp3) is 0.500. The van der Waals surface area contributed by atoms with Crippen molar-refractivity contribution in [3.8, 4) is 6.07 Å². The van der Waals surface area contributed by atoms with Crippen LogP contribution >= 0.6 is 0 Å². The summed E-state index contributed by atoms with van der Waals surface area (Å²) in [6.07, 6.45) is -0.741. The van der Waals surface area contributed by atoms with Crippen LogP contribution in [0.3, 0.4) is 0 Å². The molecule has 0 saturated carbocycles. The van der Waals surface area contributed by atoms with E-state index in [0.29, 0.717) is 0 Å². The zero-order valence-electron chi connectivity index (χ0n) is 9.37. The SMILES string of the molecule is CC(C)(C)OC(=O)N1CC(O)=C(C#N)C1=N. The smallest absolute Gasteiger partial charge is 0.416 e. The average molecular weight is 223 g/mol.